The van der Waals surface area contributed by atoms with Crippen LogP contribution in [-0.4, -0.2) is 11.2 Å². The van der Waals surface area contributed by atoms with Crippen molar-refractivity contribution in [3.05, 3.63) is 27.7 Å². The van der Waals surface area contributed by atoms with E-state index < -0.39 is 5.54 Å². The van der Waals surface area contributed by atoms with E-state index in [2.05, 4.69) is 20.9 Å². The van der Waals surface area contributed by atoms with E-state index in [0.29, 0.717) is 4.47 Å². The smallest absolute Gasteiger partial charge is 0.235 e. The Balaban J connectivity index is 2.57. The lowest BCUT2D eigenvalue weighted by molar-refractivity contribution is 0.447. The second-order valence-electron chi connectivity index (χ2n) is 4.56. The number of isocyanates is 1. The van der Waals surface area contributed by atoms with Crippen molar-refractivity contribution in [2.24, 2.45) is 4.99 Å². The van der Waals surface area contributed by atoms with Crippen LogP contribution in [0.1, 0.15) is 36.8 Å². The van der Waals surface area contributed by atoms with Crippen LogP contribution in [0.3, 0.4) is 0 Å². The molecule has 0 amide bonds. The van der Waals surface area contributed by atoms with Gasteiger partial charge in [-0.1, -0.05) is 12.8 Å². The first-order valence-electron chi connectivity index (χ1n) is 5.68. The third-order valence-corrected chi connectivity index (χ3v) is 4.12. The molecule has 1 N–H and O–H groups in total. The lowest BCUT2D eigenvalue weighted by atomic mass is 9.86. The topological polar surface area (TPSA) is 49.7 Å². The first-order chi connectivity index (χ1) is 8.09. The second-order valence-corrected chi connectivity index (χ2v) is 5.41. The van der Waals surface area contributed by atoms with Crippen LogP contribution in [0.2, 0.25) is 0 Å². The minimum absolute atomic E-state index is 0.217. The van der Waals surface area contributed by atoms with Crippen LogP contribution in [0, 0.1) is 6.92 Å². The van der Waals surface area contributed by atoms with Gasteiger partial charge in [0.05, 0.1) is 10.0 Å². The summed E-state index contributed by atoms with van der Waals surface area (Å²) in [4.78, 5) is 14.7. The van der Waals surface area contributed by atoms with Gasteiger partial charge in [0.2, 0.25) is 6.08 Å². The number of nitrogens with zero attached hydrogens (tertiary/aromatic N) is 1. The van der Waals surface area contributed by atoms with E-state index in [4.69, 9.17) is 0 Å². The number of rotatable bonds is 2. The Kier molecular flexibility index (Phi) is 3.36. The molecule has 3 nitrogen and oxygen atoms in total. The monoisotopic (exact) mass is 295 g/mol. The summed E-state index contributed by atoms with van der Waals surface area (Å²) in [5, 5.41) is 9.63. The molecular weight excluding hydrogens is 282 g/mol. The summed E-state index contributed by atoms with van der Waals surface area (Å²) in [6.45, 7) is 1.93. The number of carbonyl (C=O) groups excluding carboxylic acids is 1. The molecule has 0 aromatic heterocycles. The highest BCUT2D eigenvalue weighted by atomic mass is 79.9. The average molecular weight is 296 g/mol. The van der Waals surface area contributed by atoms with Crippen molar-refractivity contribution in [3.8, 4) is 5.75 Å². The number of phenols is 1. The van der Waals surface area contributed by atoms with Crippen molar-refractivity contribution in [2.75, 3.05) is 0 Å². The predicted molar refractivity (Wildman–Crippen MR) is 68.8 cm³/mol. The number of hydrogen-bond donors (Lipinski definition) is 1. The maximum atomic E-state index is 10.6. The molecule has 0 radical (unpaired) electrons. The lowest BCUT2D eigenvalue weighted by Gasteiger charge is -2.25. The summed E-state index contributed by atoms with van der Waals surface area (Å²) < 4.78 is 0.644. The van der Waals surface area contributed by atoms with E-state index >= 15 is 0 Å². The second kappa shape index (κ2) is 4.63. The zero-order chi connectivity index (χ0) is 12.5. The molecule has 0 bridgehead atoms. The predicted octanol–water partition coefficient (Wildman–Crippen LogP) is 3.57. The molecule has 1 fully saturated rings. The zero-order valence-electron chi connectivity index (χ0n) is 9.66. The average Bonchev–Trinajstić information content (AvgIpc) is 2.73. The fraction of sp³-hybridized carbons (Fsp3) is 0.462. The van der Waals surface area contributed by atoms with E-state index in [1.54, 1.807) is 12.1 Å². The van der Waals surface area contributed by atoms with Gasteiger partial charge < -0.3 is 5.11 Å². The van der Waals surface area contributed by atoms with Crippen LogP contribution < -0.4 is 0 Å². The molecule has 0 aliphatic heterocycles. The van der Waals surface area contributed by atoms with Crippen LogP contribution in [0.5, 0.6) is 5.75 Å². The van der Waals surface area contributed by atoms with Crippen molar-refractivity contribution in [1.82, 2.24) is 0 Å². The maximum Gasteiger partial charge on any atom is 0.235 e. The van der Waals surface area contributed by atoms with Crippen molar-refractivity contribution >= 4 is 22.0 Å². The van der Waals surface area contributed by atoms with E-state index in [1.807, 2.05) is 13.0 Å². The molecule has 2 rings (SSSR count). The zero-order valence-corrected chi connectivity index (χ0v) is 11.2. The van der Waals surface area contributed by atoms with Crippen LogP contribution in [0.25, 0.3) is 0 Å². The molecule has 0 atom stereocenters. The molecule has 0 heterocycles. The largest absolute Gasteiger partial charge is 0.507 e. The Labute approximate surface area is 109 Å². The Bertz CT molecular complexity index is 486. The van der Waals surface area contributed by atoms with Gasteiger partial charge in [0, 0.05) is 0 Å². The number of aliphatic imine (C=N–C) groups is 1. The van der Waals surface area contributed by atoms with Crippen LogP contribution in [-0.2, 0) is 10.3 Å². The lowest BCUT2D eigenvalue weighted by Crippen LogP contribution is -2.20. The van der Waals surface area contributed by atoms with Gasteiger partial charge in [0.15, 0.2) is 0 Å². The molecule has 0 saturated heterocycles. The fourth-order valence-electron chi connectivity index (χ4n) is 2.66. The van der Waals surface area contributed by atoms with E-state index in [9.17, 15) is 9.90 Å². The van der Waals surface area contributed by atoms with Crippen molar-refractivity contribution < 1.29 is 9.90 Å². The van der Waals surface area contributed by atoms with Crippen molar-refractivity contribution in [1.29, 1.82) is 0 Å². The summed E-state index contributed by atoms with van der Waals surface area (Å²) in [5.41, 5.74) is 1.55. The van der Waals surface area contributed by atoms with Crippen LogP contribution in [0.15, 0.2) is 21.6 Å². The standard InChI is InChI=1S/C13H14BrNO2/c1-9-6-12(17)11(14)7-10(9)13(15-8-16)4-2-3-5-13/h6-7,17H,2-5H2,1H3. The molecule has 90 valence electrons. The maximum absolute atomic E-state index is 10.6. The normalized spacial score (nSPS) is 17.8. The number of aryl methyl sites for hydroxylation is 1. The van der Waals surface area contributed by atoms with Gasteiger partial charge in [-0.15, -0.1) is 0 Å². The number of phenolic OH excluding ortho intramolecular Hbond substituents is 1. The molecular formula is C13H14BrNO2. The summed E-state index contributed by atoms with van der Waals surface area (Å²) in [6, 6.07) is 3.58. The molecule has 1 aromatic rings. The number of hydrogen-bond acceptors (Lipinski definition) is 3. The molecule has 1 aliphatic carbocycles. The highest BCUT2D eigenvalue weighted by Crippen LogP contribution is 2.45. The quantitative estimate of drug-likeness (QED) is 0.670. The minimum atomic E-state index is -0.429. The molecule has 1 saturated carbocycles. The number of halogens is 1. The van der Waals surface area contributed by atoms with Gasteiger partial charge in [-0.3, -0.25) is 0 Å². The van der Waals surface area contributed by atoms with Crippen molar-refractivity contribution in [3.63, 3.8) is 0 Å². The number of aromatic hydroxyl groups is 1. The summed E-state index contributed by atoms with van der Waals surface area (Å²) >= 11 is 3.31. The highest BCUT2D eigenvalue weighted by Gasteiger charge is 2.37. The van der Waals surface area contributed by atoms with Gasteiger partial charge in [-0.2, -0.15) is 4.99 Å². The Morgan fingerprint density at radius 3 is 2.65 bits per heavy atom. The molecule has 17 heavy (non-hydrogen) atoms. The van der Waals surface area contributed by atoms with Gasteiger partial charge in [-0.25, -0.2) is 4.79 Å². The third-order valence-electron chi connectivity index (χ3n) is 3.49. The fourth-order valence-corrected chi connectivity index (χ4v) is 3.00. The van der Waals surface area contributed by atoms with Gasteiger partial charge >= 0.3 is 0 Å². The SMILES string of the molecule is Cc1cc(O)c(Br)cc1C1(N=C=O)CCCC1. The molecule has 0 unspecified atom stereocenters. The molecule has 4 heteroatoms. The van der Waals surface area contributed by atoms with Gasteiger partial charge in [0.25, 0.3) is 0 Å². The van der Waals surface area contributed by atoms with E-state index in [0.717, 1.165) is 36.8 Å². The van der Waals surface area contributed by atoms with Gasteiger partial charge in [-0.05, 0) is 59.0 Å². The minimum Gasteiger partial charge on any atom is -0.507 e. The van der Waals surface area contributed by atoms with E-state index in [-0.39, 0.29) is 5.75 Å². The number of benzene rings is 1. The first-order valence-corrected chi connectivity index (χ1v) is 6.47. The van der Waals surface area contributed by atoms with Crippen LogP contribution in [0.4, 0.5) is 0 Å². The summed E-state index contributed by atoms with van der Waals surface area (Å²) in [5.74, 6) is 0.217. The summed E-state index contributed by atoms with van der Waals surface area (Å²) in [7, 11) is 0. The Hall–Kier alpha value is -1.12. The molecule has 1 aromatic carbocycles. The third kappa shape index (κ3) is 2.15. The molecule has 1 aliphatic rings. The van der Waals surface area contributed by atoms with Gasteiger partial charge in [0.1, 0.15) is 5.75 Å². The molecule has 0 spiro atoms. The highest BCUT2D eigenvalue weighted by molar-refractivity contribution is 9.10. The van der Waals surface area contributed by atoms with E-state index in [1.165, 1.54) is 0 Å². The van der Waals surface area contributed by atoms with Crippen LogP contribution >= 0.6 is 15.9 Å². The summed E-state index contributed by atoms with van der Waals surface area (Å²) in [6.07, 6.45) is 5.60. The Morgan fingerprint density at radius 1 is 1.41 bits per heavy atom. The first kappa shape index (κ1) is 12.3. The van der Waals surface area contributed by atoms with Crippen molar-refractivity contribution in [2.45, 2.75) is 38.1 Å². The Morgan fingerprint density at radius 2 is 2.06 bits per heavy atom.